The van der Waals surface area contributed by atoms with Crippen molar-refractivity contribution in [1.29, 1.82) is 0 Å². The summed E-state index contributed by atoms with van der Waals surface area (Å²) in [6.07, 6.45) is 1.17. The predicted molar refractivity (Wildman–Crippen MR) is 65.8 cm³/mol. The first kappa shape index (κ1) is 14.3. The Morgan fingerprint density at radius 2 is 2.39 bits per heavy atom. The zero-order valence-electron chi connectivity index (χ0n) is 10.4. The van der Waals surface area contributed by atoms with E-state index in [1.165, 1.54) is 18.6 Å². The monoisotopic (exact) mass is 254 g/mol. The van der Waals surface area contributed by atoms with E-state index in [0.717, 1.165) is 19.9 Å². The molecule has 0 radical (unpaired) electrons. The lowest BCUT2D eigenvalue weighted by Crippen LogP contribution is -2.26. The standard InChI is InChI=1S/C7H9N3O2.C4H9NO/c1-2-12-7(11)5-3-4-6(8)10-9-5;1-2-5-4-6-3-1/h3-4H,2H2,1H3,(H2,8,10);5H,1-4H2. The molecule has 1 saturated heterocycles. The van der Waals surface area contributed by atoms with E-state index in [1.54, 1.807) is 6.92 Å². The Morgan fingerprint density at radius 1 is 1.56 bits per heavy atom. The van der Waals surface area contributed by atoms with Gasteiger partial charge in [0.05, 0.1) is 13.3 Å². The number of carbonyl (C=O) groups is 1. The van der Waals surface area contributed by atoms with Crippen molar-refractivity contribution >= 4 is 11.8 Å². The van der Waals surface area contributed by atoms with Crippen LogP contribution in [0.15, 0.2) is 12.1 Å². The number of rotatable bonds is 2. The van der Waals surface area contributed by atoms with Crippen molar-refractivity contribution in [1.82, 2.24) is 15.5 Å². The lowest BCUT2D eigenvalue weighted by atomic mass is 10.4. The van der Waals surface area contributed by atoms with Crippen LogP contribution >= 0.6 is 0 Å². The van der Waals surface area contributed by atoms with E-state index < -0.39 is 5.97 Å². The minimum Gasteiger partial charge on any atom is -0.461 e. The molecule has 1 aliphatic heterocycles. The minimum absolute atomic E-state index is 0.172. The van der Waals surface area contributed by atoms with Crippen LogP contribution < -0.4 is 11.1 Å². The normalized spacial score (nSPS) is 14.3. The smallest absolute Gasteiger partial charge is 0.358 e. The molecule has 7 heteroatoms. The largest absolute Gasteiger partial charge is 0.461 e. The molecule has 0 aromatic carbocycles. The van der Waals surface area contributed by atoms with E-state index in [0.29, 0.717) is 6.61 Å². The van der Waals surface area contributed by atoms with E-state index in [-0.39, 0.29) is 11.5 Å². The number of ether oxygens (including phenoxy) is 2. The van der Waals surface area contributed by atoms with Crippen LogP contribution in [-0.4, -0.2) is 42.7 Å². The van der Waals surface area contributed by atoms with Crippen LogP contribution in [0.1, 0.15) is 23.8 Å². The molecule has 3 N–H and O–H groups in total. The number of nitrogens with two attached hydrogens (primary N) is 1. The molecule has 100 valence electrons. The number of nitrogen functional groups attached to an aromatic ring is 1. The Bertz CT molecular complexity index is 340. The number of nitrogens with one attached hydrogen (secondary N) is 1. The molecule has 0 unspecified atom stereocenters. The van der Waals surface area contributed by atoms with Crippen molar-refractivity contribution < 1.29 is 14.3 Å². The van der Waals surface area contributed by atoms with Crippen LogP contribution in [0.4, 0.5) is 5.82 Å². The van der Waals surface area contributed by atoms with Gasteiger partial charge in [-0.15, -0.1) is 10.2 Å². The van der Waals surface area contributed by atoms with Crippen molar-refractivity contribution in [3.05, 3.63) is 17.8 Å². The summed E-state index contributed by atoms with van der Waals surface area (Å²) in [5.41, 5.74) is 5.45. The minimum atomic E-state index is -0.481. The highest BCUT2D eigenvalue weighted by atomic mass is 16.5. The van der Waals surface area contributed by atoms with Crippen molar-refractivity contribution in [3.8, 4) is 0 Å². The second-order valence-electron chi connectivity index (χ2n) is 3.47. The van der Waals surface area contributed by atoms with Crippen molar-refractivity contribution in [2.24, 2.45) is 0 Å². The number of hydrogen-bond donors (Lipinski definition) is 2. The molecular formula is C11H18N4O3. The molecule has 18 heavy (non-hydrogen) atoms. The number of hydrogen-bond acceptors (Lipinski definition) is 7. The number of nitrogens with zero attached hydrogens (tertiary/aromatic N) is 2. The molecule has 0 aliphatic carbocycles. The topological polar surface area (TPSA) is 99.4 Å². The van der Waals surface area contributed by atoms with Gasteiger partial charge in [-0.1, -0.05) is 0 Å². The second kappa shape index (κ2) is 8.37. The Balaban J connectivity index is 0.000000225. The van der Waals surface area contributed by atoms with Crippen LogP contribution in [0.5, 0.6) is 0 Å². The van der Waals surface area contributed by atoms with Gasteiger partial charge in [0, 0.05) is 6.61 Å². The molecule has 1 aromatic rings. The lowest BCUT2D eigenvalue weighted by Gasteiger charge is -2.10. The summed E-state index contributed by atoms with van der Waals surface area (Å²) in [4.78, 5) is 11.0. The highest BCUT2D eigenvalue weighted by Gasteiger charge is 2.07. The van der Waals surface area contributed by atoms with Gasteiger partial charge in [-0.05, 0) is 32.0 Å². The summed E-state index contributed by atoms with van der Waals surface area (Å²) in [7, 11) is 0. The zero-order chi connectivity index (χ0) is 13.2. The molecule has 0 bridgehead atoms. The quantitative estimate of drug-likeness (QED) is 0.727. The molecule has 2 rings (SSSR count). The summed E-state index contributed by atoms with van der Waals surface area (Å²) in [5.74, 6) is -0.201. The third-order valence-corrected chi connectivity index (χ3v) is 2.02. The first-order chi connectivity index (χ1) is 8.74. The van der Waals surface area contributed by atoms with Gasteiger partial charge in [0.15, 0.2) is 5.69 Å². The SMILES string of the molecule is C1CNCOC1.CCOC(=O)c1ccc(N)nn1. The van der Waals surface area contributed by atoms with Crippen molar-refractivity contribution in [2.75, 3.05) is 32.2 Å². The summed E-state index contributed by atoms with van der Waals surface area (Å²) in [6.45, 7) is 4.86. The maximum Gasteiger partial charge on any atom is 0.358 e. The number of carbonyl (C=O) groups excluding carboxylic acids is 1. The molecule has 1 aromatic heterocycles. The van der Waals surface area contributed by atoms with Gasteiger partial charge in [0.25, 0.3) is 0 Å². The first-order valence-corrected chi connectivity index (χ1v) is 5.79. The van der Waals surface area contributed by atoms with Crippen molar-refractivity contribution in [2.45, 2.75) is 13.3 Å². The Kier molecular flexibility index (Phi) is 6.67. The molecular weight excluding hydrogens is 236 g/mol. The molecule has 0 amide bonds. The third kappa shape index (κ3) is 5.55. The second-order valence-corrected chi connectivity index (χ2v) is 3.47. The van der Waals surface area contributed by atoms with E-state index in [1.807, 2.05) is 0 Å². The highest BCUT2D eigenvalue weighted by molar-refractivity contribution is 5.87. The molecule has 1 aliphatic rings. The average Bonchev–Trinajstić information content (AvgIpc) is 2.42. The van der Waals surface area contributed by atoms with Gasteiger partial charge in [0.1, 0.15) is 5.82 Å². The van der Waals surface area contributed by atoms with Gasteiger partial charge in [-0.3, -0.25) is 5.32 Å². The molecule has 0 atom stereocenters. The fourth-order valence-electron chi connectivity index (χ4n) is 1.17. The molecule has 7 nitrogen and oxygen atoms in total. The summed E-state index contributed by atoms with van der Waals surface area (Å²) >= 11 is 0. The van der Waals surface area contributed by atoms with E-state index in [4.69, 9.17) is 10.5 Å². The van der Waals surface area contributed by atoms with Crippen LogP contribution in [0, 0.1) is 0 Å². The summed E-state index contributed by atoms with van der Waals surface area (Å²) in [6, 6.07) is 2.97. The Labute approximate surface area is 106 Å². The van der Waals surface area contributed by atoms with Gasteiger partial charge >= 0.3 is 5.97 Å². The Morgan fingerprint density at radius 3 is 2.78 bits per heavy atom. The number of anilines is 1. The number of esters is 1. The van der Waals surface area contributed by atoms with E-state index in [2.05, 4.69) is 20.3 Å². The van der Waals surface area contributed by atoms with Gasteiger partial charge < -0.3 is 15.2 Å². The van der Waals surface area contributed by atoms with Crippen LogP contribution in [0.25, 0.3) is 0 Å². The van der Waals surface area contributed by atoms with E-state index in [9.17, 15) is 4.79 Å². The Hall–Kier alpha value is -1.73. The zero-order valence-corrected chi connectivity index (χ0v) is 10.4. The average molecular weight is 254 g/mol. The molecule has 0 saturated carbocycles. The summed E-state index contributed by atoms with van der Waals surface area (Å²) in [5, 5.41) is 10.1. The van der Waals surface area contributed by atoms with Crippen molar-refractivity contribution in [3.63, 3.8) is 0 Å². The van der Waals surface area contributed by atoms with E-state index >= 15 is 0 Å². The summed E-state index contributed by atoms with van der Waals surface area (Å²) < 4.78 is 9.64. The highest BCUT2D eigenvalue weighted by Crippen LogP contribution is 1.98. The number of aromatic nitrogens is 2. The maximum absolute atomic E-state index is 11.0. The van der Waals surface area contributed by atoms with Crippen LogP contribution in [0.2, 0.25) is 0 Å². The first-order valence-electron chi connectivity index (χ1n) is 5.79. The molecule has 1 fully saturated rings. The van der Waals surface area contributed by atoms with Crippen LogP contribution in [-0.2, 0) is 9.47 Å². The molecule has 2 heterocycles. The fourth-order valence-corrected chi connectivity index (χ4v) is 1.17. The maximum atomic E-state index is 11.0. The lowest BCUT2D eigenvalue weighted by molar-refractivity contribution is 0.0518. The predicted octanol–water partition coefficient (Wildman–Crippen LogP) is 0.189. The fraction of sp³-hybridized carbons (Fsp3) is 0.545. The van der Waals surface area contributed by atoms with Gasteiger partial charge in [0.2, 0.25) is 0 Å². The van der Waals surface area contributed by atoms with Crippen LogP contribution in [0.3, 0.4) is 0 Å². The van der Waals surface area contributed by atoms with Gasteiger partial charge in [-0.2, -0.15) is 0 Å². The third-order valence-electron chi connectivity index (χ3n) is 2.02. The van der Waals surface area contributed by atoms with Gasteiger partial charge in [-0.25, -0.2) is 4.79 Å². The molecule has 0 spiro atoms.